The van der Waals surface area contributed by atoms with Crippen LogP contribution in [0, 0.1) is 26.6 Å². The van der Waals surface area contributed by atoms with Gasteiger partial charge in [-0.25, -0.2) is 4.39 Å². The third kappa shape index (κ3) is 3.99. The molecule has 0 atom stereocenters. The van der Waals surface area contributed by atoms with E-state index in [-0.39, 0.29) is 12.2 Å². The number of carbonyl (C=O) groups is 2. The van der Waals surface area contributed by atoms with Gasteiger partial charge in [0.05, 0.1) is 12.1 Å². The van der Waals surface area contributed by atoms with Crippen molar-refractivity contribution < 1.29 is 14.0 Å². The van der Waals surface area contributed by atoms with E-state index in [1.807, 2.05) is 63.2 Å². The lowest BCUT2D eigenvalue weighted by molar-refractivity contribution is -0.137. The van der Waals surface area contributed by atoms with E-state index in [2.05, 4.69) is 5.32 Å². The number of benzene rings is 3. The van der Waals surface area contributed by atoms with Crippen LogP contribution in [0.5, 0.6) is 0 Å². The second-order valence-corrected chi connectivity index (χ2v) is 7.85. The number of halogens is 1. The number of nitrogens with zero attached hydrogens (tertiary/aromatic N) is 1. The maximum Gasteiger partial charge on any atom is 0.278 e. The lowest BCUT2D eigenvalue weighted by Crippen LogP contribution is -2.32. The van der Waals surface area contributed by atoms with E-state index in [1.165, 1.54) is 6.07 Å². The summed E-state index contributed by atoms with van der Waals surface area (Å²) in [5, 5.41) is 3.16. The lowest BCUT2D eigenvalue weighted by atomic mass is 9.97. The average Bonchev–Trinajstić information content (AvgIpc) is 2.94. The second-order valence-electron chi connectivity index (χ2n) is 7.85. The van der Waals surface area contributed by atoms with Crippen molar-refractivity contribution in [1.82, 2.24) is 4.90 Å². The Bertz CT molecular complexity index is 1230. The number of carbonyl (C=O) groups excluding carboxylic acids is 2. The predicted octanol–water partition coefficient (Wildman–Crippen LogP) is 5.14. The molecule has 5 heteroatoms. The summed E-state index contributed by atoms with van der Waals surface area (Å²) in [4.78, 5) is 27.9. The maximum absolute atomic E-state index is 14.2. The van der Waals surface area contributed by atoms with Gasteiger partial charge in [-0.05, 0) is 55.7 Å². The SMILES string of the molecule is Cc1cccc(NC2=C(c3ccc(C)cc3C)C(=O)N(Cc3ccccc3F)C2=O)c1. The standard InChI is InChI=1S/C26H23FN2O2/c1-16-7-6-9-20(14-16)28-24-23(21-12-11-17(2)13-18(21)3)25(30)29(26(24)31)15-19-8-4-5-10-22(19)27/h4-14,28H,15H2,1-3H3. The van der Waals surface area contributed by atoms with E-state index < -0.39 is 17.6 Å². The van der Waals surface area contributed by atoms with Crippen LogP contribution in [0.25, 0.3) is 5.57 Å². The molecule has 0 radical (unpaired) electrons. The zero-order chi connectivity index (χ0) is 22.1. The second kappa shape index (κ2) is 8.19. The molecule has 1 aliphatic rings. The smallest absolute Gasteiger partial charge is 0.278 e. The van der Waals surface area contributed by atoms with Gasteiger partial charge in [-0.3, -0.25) is 14.5 Å². The first-order valence-corrected chi connectivity index (χ1v) is 10.1. The predicted molar refractivity (Wildman–Crippen MR) is 120 cm³/mol. The molecule has 0 spiro atoms. The zero-order valence-electron chi connectivity index (χ0n) is 17.7. The van der Waals surface area contributed by atoms with Crippen molar-refractivity contribution in [1.29, 1.82) is 0 Å². The Morgan fingerprint density at radius 1 is 0.839 bits per heavy atom. The molecule has 31 heavy (non-hydrogen) atoms. The maximum atomic E-state index is 14.2. The number of amides is 2. The van der Waals surface area contributed by atoms with Crippen molar-refractivity contribution in [2.24, 2.45) is 0 Å². The molecule has 0 aromatic heterocycles. The van der Waals surface area contributed by atoms with Gasteiger partial charge in [0.15, 0.2) is 0 Å². The van der Waals surface area contributed by atoms with Gasteiger partial charge in [0.2, 0.25) is 0 Å². The Labute approximate surface area is 181 Å². The first kappa shape index (κ1) is 20.5. The van der Waals surface area contributed by atoms with E-state index >= 15 is 0 Å². The Kier molecular flexibility index (Phi) is 5.42. The van der Waals surface area contributed by atoms with Gasteiger partial charge in [-0.15, -0.1) is 0 Å². The number of hydrogen-bond acceptors (Lipinski definition) is 3. The molecule has 0 saturated heterocycles. The molecular weight excluding hydrogens is 391 g/mol. The normalized spacial score (nSPS) is 13.9. The number of imide groups is 1. The van der Waals surface area contributed by atoms with E-state index in [9.17, 15) is 14.0 Å². The molecule has 0 bridgehead atoms. The molecule has 0 unspecified atom stereocenters. The van der Waals surface area contributed by atoms with Crippen molar-refractivity contribution in [3.63, 3.8) is 0 Å². The van der Waals surface area contributed by atoms with Gasteiger partial charge in [0.1, 0.15) is 11.5 Å². The minimum atomic E-state index is -0.468. The summed E-state index contributed by atoms with van der Waals surface area (Å²) in [7, 11) is 0. The number of hydrogen-bond donors (Lipinski definition) is 1. The largest absolute Gasteiger partial charge is 0.350 e. The van der Waals surface area contributed by atoms with Crippen molar-refractivity contribution in [2.75, 3.05) is 5.32 Å². The fourth-order valence-corrected chi connectivity index (χ4v) is 3.84. The van der Waals surface area contributed by atoms with Crippen LogP contribution < -0.4 is 5.32 Å². The lowest BCUT2D eigenvalue weighted by Gasteiger charge is -2.16. The Hall–Kier alpha value is -3.73. The molecule has 4 nitrogen and oxygen atoms in total. The molecule has 2 amide bonds. The zero-order valence-corrected chi connectivity index (χ0v) is 17.7. The first-order valence-electron chi connectivity index (χ1n) is 10.1. The highest BCUT2D eigenvalue weighted by atomic mass is 19.1. The third-order valence-electron chi connectivity index (χ3n) is 5.39. The molecule has 0 aliphatic carbocycles. The molecule has 0 saturated carbocycles. The molecule has 156 valence electrons. The fourth-order valence-electron chi connectivity index (χ4n) is 3.84. The first-order chi connectivity index (χ1) is 14.8. The number of nitrogens with one attached hydrogen (secondary N) is 1. The molecule has 1 N–H and O–H groups in total. The Balaban J connectivity index is 1.80. The van der Waals surface area contributed by atoms with Gasteiger partial charge in [-0.1, -0.05) is 54.1 Å². The van der Waals surface area contributed by atoms with Crippen molar-refractivity contribution in [2.45, 2.75) is 27.3 Å². The summed E-state index contributed by atoms with van der Waals surface area (Å²) >= 11 is 0. The van der Waals surface area contributed by atoms with Crippen LogP contribution in [0.4, 0.5) is 10.1 Å². The summed E-state index contributed by atoms with van der Waals surface area (Å²) in [6.07, 6.45) is 0. The minimum Gasteiger partial charge on any atom is -0.350 e. The van der Waals surface area contributed by atoms with E-state index in [0.717, 1.165) is 21.6 Å². The van der Waals surface area contributed by atoms with Gasteiger partial charge >= 0.3 is 0 Å². The summed E-state index contributed by atoms with van der Waals surface area (Å²) in [6.45, 7) is 5.72. The van der Waals surface area contributed by atoms with Crippen LogP contribution in [0.1, 0.15) is 27.8 Å². The van der Waals surface area contributed by atoms with Crippen LogP contribution in [-0.4, -0.2) is 16.7 Å². The van der Waals surface area contributed by atoms with Gasteiger partial charge in [0.25, 0.3) is 11.8 Å². The van der Waals surface area contributed by atoms with E-state index in [1.54, 1.807) is 18.2 Å². The molecule has 3 aromatic rings. The molecule has 0 fully saturated rings. The van der Waals surface area contributed by atoms with E-state index in [4.69, 9.17) is 0 Å². The minimum absolute atomic E-state index is 0.127. The summed E-state index contributed by atoms with van der Waals surface area (Å²) < 4.78 is 14.2. The van der Waals surface area contributed by atoms with Crippen molar-refractivity contribution >= 4 is 23.1 Å². The molecule has 4 rings (SSSR count). The monoisotopic (exact) mass is 414 g/mol. The summed E-state index contributed by atoms with van der Waals surface area (Å²) in [5.41, 5.74) is 5.20. The van der Waals surface area contributed by atoms with Crippen molar-refractivity contribution in [3.05, 3.63) is 106 Å². The van der Waals surface area contributed by atoms with E-state index in [0.29, 0.717) is 22.4 Å². The molecule has 1 heterocycles. The quantitative estimate of drug-likeness (QED) is 0.588. The Morgan fingerprint density at radius 3 is 2.29 bits per heavy atom. The van der Waals surface area contributed by atoms with Crippen LogP contribution in [-0.2, 0) is 16.1 Å². The third-order valence-corrected chi connectivity index (χ3v) is 5.39. The summed E-state index contributed by atoms with van der Waals surface area (Å²) in [5.74, 6) is -1.35. The molecular formula is C26H23FN2O2. The van der Waals surface area contributed by atoms with Crippen LogP contribution in [0.15, 0.2) is 72.4 Å². The van der Waals surface area contributed by atoms with Crippen LogP contribution in [0.2, 0.25) is 0 Å². The summed E-state index contributed by atoms with van der Waals surface area (Å²) in [6, 6.07) is 19.5. The van der Waals surface area contributed by atoms with Gasteiger partial charge in [-0.2, -0.15) is 0 Å². The highest BCUT2D eigenvalue weighted by Gasteiger charge is 2.40. The highest BCUT2D eigenvalue weighted by Crippen LogP contribution is 2.33. The number of anilines is 1. The van der Waals surface area contributed by atoms with Gasteiger partial charge in [0, 0.05) is 11.3 Å². The molecule has 3 aromatic carbocycles. The highest BCUT2D eigenvalue weighted by molar-refractivity contribution is 6.36. The van der Waals surface area contributed by atoms with Gasteiger partial charge < -0.3 is 5.32 Å². The fraction of sp³-hybridized carbons (Fsp3) is 0.154. The Morgan fingerprint density at radius 2 is 1.58 bits per heavy atom. The average molecular weight is 414 g/mol. The van der Waals surface area contributed by atoms with Crippen molar-refractivity contribution in [3.8, 4) is 0 Å². The number of rotatable bonds is 5. The number of aryl methyl sites for hydroxylation is 3. The topological polar surface area (TPSA) is 49.4 Å². The van der Waals surface area contributed by atoms with Crippen LogP contribution >= 0.6 is 0 Å². The molecule has 1 aliphatic heterocycles. The van der Waals surface area contributed by atoms with Crippen LogP contribution in [0.3, 0.4) is 0 Å².